The summed E-state index contributed by atoms with van der Waals surface area (Å²) in [6.07, 6.45) is 3.96. The molecule has 0 aromatic carbocycles. The van der Waals surface area contributed by atoms with E-state index in [1.165, 1.54) is 32.5 Å². The molecule has 0 spiro atoms. The maximum absolute atomic E-state index is 5.70. The highest BCUT2D eigenvalue weighted by atomic mass is 16.5. The van der Waals surface area contributed by atoms with Crippen molar-refractivity contribution < 1.29 is 4.74 Å². The number of hydrogen-bond donors (Lipinski definition) is 1. The van der Waals surface area contributed by atoms with Crippen LogP contribution in [-0.2, 0) is 4.74 Å². The van der Waals surface area contributed by atoms with Crippen molar-refractivity contribution >= 4 is 0 Å². The molecule has 1 aliphatic heterocycles. The minimum absolute atomic E-state index is 0.231. The molecule has 1 saturated heterocycles. The molecular formula is C14H31N3O. The summed E-state index contributed by atoms with van der Waals surface area (Å²) in [4.78, 5) is 4.87. The van der Waals surface area contributed by atoms with E-state index in [1.54, 1.807) is 0 Å². The predicted molar refractivity (Wildman–Crippen MR) is 76.8 cm³/mol. The van der Waals surface area contributed by atoms with Crippen LogP contribution in [0.2, 0.25) is 0 Å². The molecule has 0 radical (unpaired) electrons. The molecule has 108 valence electrons. The summed E-state index contributed by atoms with van der Waals surface area (Å²) in [5.74, 6) is 0.870. The molecule has 1 aliphatic rings. The van der Waals surface area contributed by atoms with Gasteiger partial charge < -0.3 is 20.3 Å². The number of piperidine rings is 1. The lowest BCUT2D eigenvalue weighted by molar-refractivity contribution is 0.0541. The van der Waals surface area contributed by atoms with Crippen molar-refractivity contribution in [2.24, 2.45) is 11.7 Å². The van der Waals surface area contributed by atoms with Gasteiger partial charge in [0.25, 0.3) is 0 Å². The van der Waals surface area contributed by atoms with E-state index < -0.39 is 0 Å². The Morgan fingerprint density at radius 3 is 2.61 bits per heavy atom. The second-order valence-corrected chi connectivity index (χ2v) is 5.61. The van der Waals surface area contributed by atoms with Crippen molar-refractivity contribution in [3.05, 3.63) is 0 Å². The quantitative estimate of drug-likeness (QED) is 0.705. The van der Waals surface area contributed by atoms with Crippen LogP contribution in [0.1, 0.15) is 26.2 Å². The molecule has 1 unspecified atom stereocenters. The largest absolute Gasteiger partial charge is 0.377 e. The first-order chi connectivity index (χ1) is 8.65. The summed E-state index contributed by atoms with van der Waals surface area (Å²) >= 11 is 0. The Morgan fingerprint density at radius 2 is 2.06 bits per heavy atom. The molecular weight excluding hydrogens is 226 g/mol. The van der Waals surface area contributed by atoms with E-state index in [-0.39, 0.29) is 6.10 Å². The van der Waals surface area contributed by atoms with Crippen molar-refractivity contribution in [2.45, 2.75) is 32.3 Å². The molecule has 18 heavy (non-hydrogen) atoms. The lowest BCUT2D eigenvalue weighted by Gasteiger charge is -2.32. The zero-order valence-corrected chi connectivity index (χ0v) is 12.4. The minimum Gasteiger partial charge on any atom is -0.377 e. The van der Waals surface area contributed by atoms with E-state index in [9.17, 15) is 0 Å². The van der Waals surface area contributed by atoms with Crippen LogP contribution in [-0.4, -0.2) is 69.3 Å². The summed E-state index contributed by atoms with van der Waals surface area (Å²) in [7, 11) is 4.44. The monoisotopic (exact) mass is 257 g/mol. The molecule has 0 amide bonds. The Kier molecular flexibility index (Phi) is 7.82. The number of nitrogens with two attached hydrogens (primary N) is 1. The van der Waals surface area contributed by atoms with Gasteiger partial charge in [0.1, 0.15) is 0 Å². The topological polar surface area (TPSA) is 41.7 Å². The van der Waals surface area contributed by atoms with Gasteiger partial charge in [-0.25, -0.2) is 0 Å². The van der Waals surface area contributed by atoms with Gasteiger partial charge in [-0.05, 0) is 59.3 Å². The van der Waals surface area contributed by atoms with Gasteiger partial charge in [-0.3, -0.25) is 0 Å². The Labute approximate surface area is 112 Å². The molecule has 0 aliphatic carbocycles. The van der Waals surface area contributed by atoms with E-state index in [0.29, 0.717) is 6.54 Å². The average Bonchev–Trinajstić information content (AvgIpc) is 2.37. The highest BCUT2D eigenvalue weighted by molar-refractivity contribution is 4.73. The predicted octanol–water partition coefficient (Wildman–Crippen LogP) is 1.01. The van der Waals surface area contributed by atoms with E-state index in [1.807, 2.05) is 6.92 Å². The third-order valence-corrected chi connectivity index (χ3v) is 3.91. The van der Waals surface area contributed by atoms with Crippen molar-refractivity contribution in [3.63, 3.8) is 0 Å². The fraction of sp³-hybridized carbons (Fsp3) is 1.00. The number of nitrogens with zero attached hydrogens (tertiary/aromatic N) is 2. The summed E-state index contributed by atoms with van der Waals surface area (Å²) < 4.78 is 5.59. The first-order valence-electron chi connectivity index (χ1n) is 7.34. The highest BCUT2D eigenvalue weighted by Crippen LogP contribution is 2.16. The number of hydrogen-bond acceptors (Lipinski definition) is 4. The SMILES string of the molecule is CCOC(CN)CCN(C)CC1CCN(C)CC1. The maximum Gasteiger partial charge on any atom is 0.0709 e. The zero-order valence-electron chi connectivity index (χ0n) is 12.4. The first kappa shape index (κ1) is 15.9. The van der Waals surface area contributed by atoms with Crippen LogP contribution in [0.25, 0.3) is 0 Å². The molecule has 0 aromatic heterocycles. The van der Waals surface area contributed by atoms with Crippen molar-refractivity contribution in [2.75, 3.05) is 53.4 Å². The minimum atomic E-state index is 0.231. The van der Waals surface area contributed by atoms with Crippen molar-refractivity contribution in [1.29, 1.82) is 0 Å². The second kappa shape index (κ2) is 8.86. The average molecular weight is 257 g/mol. The maximum atomic E-state index is 5.70. The van der Waals surface area contributed by atoms with Gasteiger partial charge in [0.2, 0.25) is 0 Å². The summed E-state index contributed by atoms with van der Waals surface area (Å²) in [6, 6.07) is 0. The molecule has 0 saturated carbocycles. The smallest absolute Gasteiger partial charge is 0.0709 e. The van der Waals surface area contributed by atoms with E-state index in [2.05, 4.69) is 23.9 Å². The van der Waals surface area contributed by atoms with E-state index in [0.717, 1.165) is 25.5 Å². The molecule has 1 fully saturated rings. The molecule has 2 N–H and O–H groups in total. The molecule has 4 heteroatoms. The van der Waals surface area contributed by atoms with Crippen LogP contribution in [0.15, 0.2) is 0 Å². The van der Waals surface area contributed by atoms with E-state index in [4.69, 9.17) is 10.5 Å². The van der Waals surface area contributed by atoms with Gasteiger partial charge in [0.15, 0.2) is 0 Å². The standard InChI is InChI=1S/C14H31N3O/c1-4-18-14(11-15)7-10-17(3)12-13-5-8-16(2)9-6-13/h13-14H,4-12,15H2,1-3H3. The van der Waals surface area contributed by atoms with Gasteiger partial charge in [-0.15, -0.1) is 0 Å². The zero-order chi connectivity index (χ0) is 13.4. The molecule has 1 atom stereocenters. The van der Waals surface area contributed by atoms with Crippen LogP contribution < -0.4 is 5.73 Å². The van der Waals surface area contributed by atoms with Gasteiger partial charge >= 0.3 is 0 Å². The number of ether oxygens (including phenoxy) is 1. The fourth-order valence-corrected chi connectivity index (χ4v) is 2.65. The highest BCUT2D eigenvalue weighted by Gasteiger charge is 2.18. The Morgan fingerprint density at radius 1 is 1.39 bits per heavy atom. The summed E-state index contributed by atoms with van der Waals surface area (Å²) in [5, 5.41) is 0. The van der Waals surface area contributed by atoms with Crippen LogP contribution in [0.4, 0.5) is 0 Å². The third-order valence-electron chi connectivity index (χ3n) is 3.91. The molecule has 0 aromatic rings. The summed E-state index contributed by atoms with van der Waals surface area (Å²) in [5.41, 5.74) is 5.70. The second-order valence-electron chi connectivity index (χ2n) is 5.61. The van der Waals surface area contributed by atoms with Crippen LogP contribution in [0.3, 0.4) is 0 Å². The molecule has 1 heterocycles. The third kappa shape index (κ3) is 6.14. The number of likely N-dealkylation sites (tertiary alicyclic amines) is 1. The van der Waals surface area contributed by atoms with Crippen LogP contribution in [0.5, 0.6) is 0 Å². The first-order valence-corrected chi connectivity index (χ1v) is 7.34. The van der Waals surface area contributed by atoms with Crippen molar-refractivity contribution in [3.8, 4) is 0 Å². The Hall–Kier alpha value is -0.160. The van der Waals surface area contributed by atoms with Gasteiger partial charge in [-0.2, -0.15) is 0 Å². The normalized spacial score (nSPS) is 20.5. The summed E-state index contributed by atoms with van der Waals surface area (Å²) in [6.45, 7) is 8.25. The van der Waals surface area contributed by atoms with Gasteiger partial charge in [-0.1, -0.05) is 0 Å². The van der Waals surface area contributed by atoms with Crippen LogP contribution in [0, 0.1) is 5.92 Å². The van der Waals surface area contributed by atoms with Crippen LogP contribution >= 0.6 is 0 Å². The molecule has 4 nitrogen and oxygen atoms in total. The Balaban J connectivity index is 2.14. The van der Waals surface area contributed by atoms with Gasteiger partial charge in [0.05, 0.1) is 6.10 Å². The molecule has 1 rings (SSSR count). The number of rotatable bonds is 8. The lowest BCUT2D eigenvalue weighted by Crippen LogP contribution is -2.37. The van der Waals surface area contributed by atoms with Crippen molar-refractivity contribution in [1.82, 2.24) is 9.80 Å². The molecule has 0 bridgehead atoms. The van der Waals surface area contributed by atoms with Gasteiger partial charge in [0, 0.05) is 26.2 Å². The van der Waals surface area contributed by atoms with E-state index >= 15 is 0 Å². The fourth-order valence-electron chi connectivity index (χ4n) is 2.65. The Bertz CT molecular complexity index is 205. The lowest BCUT2D eigenvalue weighted by atomic mass is 9.96.